The zero-order chi connectivity index (χ0) is 25.0. The molecule has 1 N–H and O–H groups in total. The second kappa shape index (κ2) is 10.8. The van der Waals surface area contributed by atoms with Crippen LogP contribution >= 0.6 is 34.8 Å². The number of ether oxygens (including phenoxy) is 2. The number of benzene rings is 1. The van der Waals surface area contributed by atoms with Gasteiger partial charge in [0.15, 0.2) is 5.76 Å². The van der Waals surface area contributed by atoms with Gasteiger partial charge >= 0.3 is 5.97 Å². The van der Waals surface area contributed by atoms with Crippen molar-refractivity contribution in [1.82, 2.24) is 10.1 Å². The second-order valence-corrected chi connectivity index (χ2v) is 9.19. The van der Waals surface area contributed by atoms with Gasteiger partial charge in [0.2, 0.25) is 0 Å². The van der Waals surface area contributed by atoms with Crippen molar-refractivity contribution in [2.75, 3.05) is 43.1 Å². The van der Waals surface area contributed by atoms with E-state index in [0.717, 1.165) is 5.69 Å². The van der Waals surface area contributed by atoms with E-state index < -0.39 is 16.2 Å². The highest BCUT2D eigenvalue weighted by Crippen LogP contribution is 2.37. The molecule has 1 aliphatic rings. The SMILES string of the molecule is CCOC(=O)C(Cl)(Cl)C(=O)Nc1cccc(-c2cc(-c3c(N4CCOCC4)ccnc3Cl)no2)c1. The number of aromatic nitrogens is 2. The molecule has 0 unspecified atom stereocenters. The van der Waals surface area contributed by atoms with E-state index in [0.29, 0.717) is 59.7 Å². The van der Waals surface area contributed by atoms with Gasteiger partial charge in [-0.3, -0.25) is 4.79 Å². The zero-order valence-electron chi connectivity index (χ0n) is 18.6. The number of amides is 1. The normalized spacial score (nSPS) is 14.0. The fourth-order valence-corrected chi connectivity index (χ4v) is 3.99. The molecule has 2 aromatic heterocycles. The lowest BCUT2D eigenvalue weighted by atomic mass is 10.1. The second-order valence-electron chi connectivity index (χ2n) is 7.50. The van der Waals surface area contributed by atoms with Crippen LogP contribution in [0.3, 0.4) is 0 Å². The molecule has 1 amide bonds. The van der Waals surface area contributed by atoms with Gasteiger partial charge in [0.05, 0.1) is 31.1 Å². The summed E-state index contributed by atoms with van der Waals surface area (Å²) in [5.41, 5.74) is 3.00. The van der Waals surface area contributed by atoms with E-state index in [4.69, 9.17) is 48.8 Å². The molecule has 3 aromatic rings. The number of hydrogen-bond donors (Lipinski definition) is 1. The minimum atomic E-state index is -2.39. The van der Waals surface area contributed by atoms with Crippen LogP contribution in [0, 0.1) is 0 Å². The van der Waals surface area contributed by atoms with Gasteiger partial charge < -0.3 is 24.2 Å². The van der Waals surface area contributed by atoms with Crippen LogP contribution in [-0.2, 0) is 19.1 Å². The maximum atomic E-state index is 12.5. The third kappa shape index (κ3) is 5.54. The molecule has 0 bridgehead atoms. The van der Waals surface area contributed by atoms with Gasteiger partial charge in [-0.05, 0) is 25.1 Å². The van der Waals surface area contributed by atoms with Crippen molar-refractivity contribution < 1.29 is 23.6 Å². The molecule has 1 aliphatic heterocycles. The van der Waals surface area contributed by atoms with Crippen molar-refractivity contribution in [3.63, 3.8) is 0 Å². The minimum Gasteiger partial charge on any atom is -0.463 e. The number of nitrogens with zero attached hydrogens (tertiary/aromatic N) is 3. The number of halogens is 3. The van der Waals surface area contributed by atoms with Gasteiger partial charge in [0.1, 0.15) is 10.8 Å². The predicted molar refractivity (Wildman–Crippen MR) is 133 cm³/mol. The Morgan fingerprint density at radius 1 is 1.20 bits per heavy atom. The molecule has 1 aromatic carbocycles. The molecule has 0 aliphatic carbocycles. The van der Waals surface area contributed by atoms with Gasteiger partial charge in [-0.25, -0.2) is 9.78 Å². The topological polar surface area (TPSA) is 107 Å². The molecule has 4 rings (SSSR count). The number of morpholine rings is 1. The van der Waals surface area contributed by atoms with E-state index in [-0.39, 0.29) is 6.61 Å². The van der Waals surface area contributed by atoms with E-state index in [1.165, 1.54) is 0 Å². The van der Waals surface area contributed by atoms with Crippen LogP contribution in [0.15, 0.2) is 47.1 Å². The molecule has 0 atom stereocenters. The van der Waals surface area contributed by atoms with Gasteiger partial charge in [-0.2, -0.15) is 0 Å². The third-order valence-electron chi connectivity index (χ3n) is 5.22. The Bertz CT molecular complexity index is 1230. The van der Waals surface area contributed by atoms with Gasteiger partial charge in [0.25, 0.3) is 10.2 Å². The number of pyridine rings is 1. The smallest absolute Gasteiger partial charge is 0.352 e. The monoisotopic (exact) mass is 538 g/mol. The Balaban J connectivity index is 1.58. The van der Waals surface area contributed by atoms with Gasteiger partial charge in [-0.1, -0.05) is 52.1 Å². The molecule has 1 saturated heterocycles. The first-order valence-corrected chi connectivity index (χ1v) is 11.9. The molecular formula is C23H21Cl3N4O5. The van der Waals surface area contributed by atoms with Crippen molar-refractivity contribution >= 4 is 58.1 Å². The third-order valence-corrected chi connectivity index (χ3v) is 6.16. The molecular weight excluding hydrogens is 519 g/mol. The summed E-state index contributed by atoms with van der Waals surface area (Å²) in [7, 11) is 0. The van der Waals surface area contributed by atoms with Crippen molar-refractivity contribution in [1.29, 1.82) is 0 Å². The Labute approximate surface area is 216 Å². The largest absolute Gasteiger partial charge is 0.463 e. The summed E-state index contributed by atoms with van der Waals surface area (Å²) in [5.74, 6) is -1.56. The standard InChI is InChI=1S/C23H21Cl3N4O5/c1-2-34-22(32)23(25,26)21(31)28-15-5-3-4-14(12-15)18-13-16(29-35-18)19-17(6-7-27-20(19)24)30-8-10-33-11-9-30/h3-7,12-13H,2,8-11H2,1H3,(H,28,31). The molecule has 35 heavy (non-hydrogen) atoms. The number of nitrogens with one attached hydrogen (secondary N) is 1. The van der Waals surface area contributed by atoms with E-state index in [9.17, 15) is 9.59 Å². The fraction of sp³-hybridized carbons (Fsp3) is 0.304. The van der Waals surface area contributed by atoms with E-state index in [2.05, 4.69) is 20.4 Å². The zero-order valence-corrected chi connectivity index (χ0v) is 20.9. The highest BCUT2D eigenvalue weighted by molar-refractivity contribution is 6.68. The molecule has 0 radical (unpaired) electrons. The summed E-state index contributed by atoms with van der Waals surface area (Å²) in [5, 5.41) is 7.02. The highest BCUT2D eigenvalue weighted by atomic mass is 35.5. The van der Waals surface area contributed by atoms with Crippen molar-refractivity contribution in [3.8, 4) is 22.6 Å². The van der Waals surface area contributed by atoms with Crippen LogP contribution in [0.5, 0.6) is 0 Å². The summed E-state index contributed by atoms with van der Waals surface area (Å²) in [4.78, 5) is 30.7. The lowest BCUT2D eigenvalue weighted by molar-refractivity contribution is -0.146. The van der Waals surface area contributed by atoms with E-state index in [1.54, 1.807) is 43.5 Å². The fourth-order valence-electron chi connectivity index (χ4n) is 3.53. The van der Waals surface area contributed by atoms with Crippen LogP contribution in [0.2, 0.25) is 5.15 Å². The molecule has 184 valence electrons. The predicted octanol–water partition coefficient (Wildman–Crippen LogP) is 4.57. The Morgan fingerprint density at radius 3 is 2.71 bits per heavy atom. The molecule has 0 spiro atoms. The molecule has 3 heterocycles. The van der Waals surface area contributed by atoms with Crippen LogP contribution in [-0.4, -0.2) is 59.3 Å². The number of rotatable bonds is 7. The number of carbonyl (C=O) groups is 2. The maximum absolute atomic E-state index is 12.5. The summed E-state index contributed by atoms with van der Waals surface area (Å²) < 4.78 is 13.4. The Kier molecular flexibility index (Phi) is 7.81. The summed E-state index contributed by atoms with van der Waals surface area (Å²) in [6.07, 6.45) is 1.65. The van der Waals surface area contributed by atoms with E-state index >= 15 is 0 Å². The average molecular weight is 540 g/mol. The first-order valence-electron chi connectivity index (χ1n) is 10.7. The summed E-state index contributed by atoms with van der Waals surface area (Å²) >= 11 is 18.3. The van der Waals surface area contributed by atoms with Crippen LogP contribution in [0.1, 0.15) is 6.92 Å². The number of alkyl halides is 2. The first kappa shape index (κ1) is 25.2. The van der Waals surface area contributed by atoms with Crippen molar-refractivity contribution in [2.45, 2.75) is 11.3 Å². The summed E-state index contributed by atoms with van der Waals surface area (Å²) in [6, 6.07) is 10.3. The molecule has 0 saturated carbocycles. The van der Waals surface area contributed by atoms with Gasteiger partial charge in [0, 0.05) is 36.6 Å². The van der Waals surface area contributed by atoms with Crippen molar-refractivity contribution in [2.24, 2.45) is 0 Å². The lowest BCUT2D eigenvalue weighted by Crippen LogP contribution is -2.41. The maximum Gasteiger partial charge on any atom is 0.352 e. The molecule has 1 fully saturated rings. The quantitative estimate of drug-likeness (QED) is 0.201. The molecule has 12 heteroatoms. The summed E-state index contributed by atoms with van der Waals surface area (Å²) in [6.45, 7) is 4.28. The number of anilines is 2. The Hall–Kier alpha value is -2.85. The van der Waals surface area contributed by atoms with Crippen LogP contribution in [0.25, 0.3) is 22.6 Å². The lowest BCUT2D eigenvalue weighted by Gasteiger charge is -2.30. The molecule has 9 nitrogen and oxygen atoms in total. The Morgan fingerprint density at radius 2 is 1.97 bits per heavy atom. The average Bonchev–Trinajstić information content (AvgIpc) is 3.34. The number of carbonyl (C=O) groups excluding carboxylic acids is 2. The number of hydrogen-bond acceptors (Lipinski definition) is 8. The number of esters is 1. The van der Waals surface area contributed by atoms with Crippen LogP contribution in [0.4, 0.5) is 11.4 Å². The minimum absolute atomic E-state index is 0.0326. The van der Waals surface area contributed by atoms with Crippen LogP contribution < -0.4 is 10.2 Å². The van der Waals surface area contributed by atoms with Crippen molar-refractivity contribution in [3.05, 3.63) is 47.7 Å². The van der Waals surface area contributed by atoms with Gasteiger partial charge in [-0.15, -0.1) is 0 Å². The van der Waals surface area contributed by atoms with E-state index in [1.807, 2.05) is 6.07 Å². The first-order chi connectivity index (χ1) is 16.8. The highest BCUT2D eigenvalue weighted by Gasteiger charge is 2.44.